The molecule has 6 heterocycles. The highest BCUT2D eigenvalue weighted by Gasteiger charge is 2.47. The molecular formula is C114H89BN6. The number of rotatable bonds is 10. The van der Waals surface area contributed by atoms with Crippen LogP contribution in [0, 0.1) is 0 Å². The Balaban J connectivity index is 0.948. The van der Waals surface area contributed by atoms with Gasteiger partial charge in [0.15, 0.2) is 0 Å². The minimum absolute atomic E-state index is 0.156. The van der Waals surface area contributed by atoms with Crippen LogP contribution in [0.3, 0.4) is 0 Å². The molecule has 0 N–H and O–H groups in total. The summed E-state index contributed by atoms with van der Waals surface area (Å²) in [6.07, 6.45) is 0. The zero-order chi connectivity index (χ0) is 112. The quantitative estimate of drug-likeness (QED) is 0.128. The van der Waals surface area contributed by atoms with Gasteiger partial charge in [0.05, 0.1) is 103 Å². The largest absolute Gasteiger partial charge is 0.310 e. The van der Waals surface area contributed by atoms with Crippen molar-refractivity contribution in [1.82, 2.24) is 18.3 Å². The van der Waals surface area contributed by atoms with Crippen LogP contribution in [0.1, 0.15) is 127 Å². The van der Waals surface area contributed by atoms with Crippen molar-refractivity contribution in [3.8, 4) is 67.3 Å². The first-order valence-corrected chi connectivity index (χ1v) is 39.8. The zero-order valence-electron chi connectivity index (χ0n) is 102. The van der Waals surface area contributed by atoms with Crippen LogP contribution in [0.25, 0.3) is 154 Å². The standard InChI is InChI=1S/C114H89BN6/c1-112(2,3)76-62-89(72-34-14-10-15-35-72)110(90(63-76)73-36-16-11-17-37-73)120-105-70-81(118-101-52-32-26-46-87(101)93-68-79(56-60-103(93)118)116-97-48-28-22-42-83(97)84-43-23-29-49-98(84)116)54-58-95(105)115-96-59-55-82(119-102-53-33-27-47-88(102)94-69-80(57-61-104(94)119)117-99-50-30-24-44-85(99)86-45-25-31-51-100(86)117)71-106(96)121(108-67-78(114(7,8)9)66-107(120)109(108)115)111-91(74-38-18-12-19-39-74)64-77(113(4,5)6)65-92(111)75-40-20-13-21-41-75/h10-71H,1-9H3/i22D,23D,24D,25D,26D,27D,28D,29D,30D,31D,32D,33D,42D,43D,44D,46D,47D,48D,49D,50D,51D,52D,53D,54D,55D,56D,57D,58D,59D,60D,61D,68D,69D,70D,71D. The predicted molar refractivity (Wildman–Crippen MR) is 516 cm³/mol. The molecule has 23 rings (SSSR count). The van der Waals surface area contributed by atoms with Crippen molar-refractivity contribution >= 4 is 144 Å². The van der Waals surface area contributed by atoms with Crippen molar-refractivity contribution in [3.63, 3.8) is 0 Å². The molecule has 0 fully saturated rings. The molecule has 578 valence electrons. The number of benzene rings is 17. The van der Waals surface area contributed by atoms with E-state index in [4.69, 9.17) is 11.0 Å². The lowest BCUT2D eigenvalue weighted by Crippen LogP contribution is -2.61. The van der Waals surface area contributed by atoms with Crippen LogP contribution in [0.4, 0.5) is 34.1 Å². The first-order valence-electron chi connectivity index (χ1n) is 57.3. The van der Waals surface area contributed by atoms with Crippen LogP contribution in [-0.2, 0) is 16.2 Å². The minimum Gasteiger partial charge on any atom is -0.310 e. The van der Waals surface area contributed by atoms with E-state index < -0.39 is 334 Å². The summed E-state index contributed by atoms with van der Waals surface area (Å²) >= 11 is 0. The fourth-order valence-corrected chi connectivity index (χ4v) is 17.6. The monoisotopic (exact) mass is 1590 g/mol. The summed E-state index contributed by atoms with van der Waals surface area (Å²) in [6.45, 7) is 16.2. The Bertz CT molecular complexity index is 9670. The minimum atomic E-state index is -1.87. The highest BCUT2D eigenvalue weighted by Crippen LogP contribution is 2.56. The van der Waals surface area contributed by atoms with E-state index in [9.17, 15) is 37.0 Å². The normalized spacial score (nSPS) is 17.0. The summed E-state index contributed by atoms with van der Waals surface area (Å²) in [5.41, 5.74) is -4.25. The van der Waals surface area contributed by atoms with Gasteiger partial charge in [-0.05, 0) is 205 Å². The maximum Gasteiger partial charge on any atom is 0.252 e. The summed E-state index contributed by atoms with van der Waals surface area (Å²) in [5, 5.41) is -3.87. The SMILES string of the molecule is [2H]c1cc2c3c([2H])c([2H])c([2H])c([2H])c3n(-c3c([2H])c([2H])c4c(c3[2H])c3c([2H])c([2H])c([2H])c([2H])c3n4-c3c([2H])c([2H])c4c(c3[2H])N(c3c(-c5ccccc5)cc(C(C)(C)C)cc3-c3ccccc3)c3cc(C(C)(C)C)cc5c3B4c3c([2H])c([2H])c(-n4c6c([2H])c([2H])c([2H])c([2H])c6c6c([2H])c(-n7c8c([2H])c([2H])c([2H])c([2H])c8c8c([2H])c([2H])c([2H])c([2H])c87)c([2H])c([2H])c64)c([2H])c3N5c3c(-c4ccccc4)cc(C(C)(C)C)cc3-c3ccccc3)c2c([2H])c1[2H]. The average molecular weight is 1590 g/mol. The molecule has 6 nitrogen and oxygen atoms in total. The van der Waals surface area contributed by atoms with E-state index in [1.807, 2.05) is 220 Å². The van der Waals surface area contributed by atoms with Crippen LogP contribution in [-0.4, -0.2) is 25.0 Å². The molecule has 0 spiro atoms. The van der Waals surface area contributed by atoms with Gasteiger partial charge in [0.1, 0.15) is 0 Å². The van der Waals surface area contributed by atoms with Crippen molar-refractivity contribution in [2.24, 2.45) is 0 Å². The Kier molecular flexibility index (Phi) is 9.94. The Morgan fingerprint density at radius 2 is 0.504 bits per heavy atom. The van der Waals surface area contributed by atoms with Gasteiger partial charge in [0, 0.05) is 111 Å². The van der Waals surface area contributed by atoms with Gasteiger partial charge in [-0.1, -0.05) is 305 Å². The highest BCUT2D eigenvalue weighted by atomic mass is 15.2. The number of aromatic nitrogens is 4. The fourth-order valence-electron chi connectivity index (χ4n) is 17.6. The molecule has 2 aliphatic rings. The van der Waals surface area contributed by atoms with Crippen molar-refractivity contribution in [3.05, 3.63) is 392 Å². The molecule has 0 unspecified atom stereocenters. The number of hydrogen-bond acceptors (Lipinski definition) is 2. The third-order valence-corrected chi connectivity index (χ3v) is 23.5. The molecule has 2 aliphatic heterocycles. The third kappa shape index (κ3) is 11.2. The van der Waals surface area contributed by atoms with Crippen molar-refractivity contribution < 1.29 is 48.0 Å². The molecule has 0 radical (unpaired) electrons. The van der Waals surface area contributed by atoms with Gasteiger partial charge in [0.25, 0.3) is 6.71 Å². The molecule has 0 saturated heterocycles. The van der Waals surface area contributed by atoms with Gasteiger partial charge in [-0.15, -0.1) is 0 Å². The Labute approximate surface area is 755 Å². The number of anilines is 6. The van der Waals surface area contributed by atoms with Gasteiger partial charge in [-0.3, -0.25) is 0 Å². The Morgan fingerprint density at radius 3 is 0.835 bits per heavy atom. The summed E-state index contributed by atoms with van der Waals surface area (Å²) in [6, 6.07) is 19.9. The van der Waals surface area contributed by atoms with Gasteiger partial charge in [-0.25, -0.2) is 0 Å². The number of fused-ring (bicyclic) bond motifs is 16. The topological polar surface area (TPSA) is 26.2 Å². The van der Waals surface area contributed by atoms with Crippen LogP contribution in [0.5, 0.6) is 0 Å². The first-order chi connectivity index (χ1) is 73.6. The van der Waals surface area contributed by atoms with E-state index in [2.05, 4.69) is 0 Å². The maximum atomic E-state index is 12.2. The summed E-state index contributed by atoms with van der Waals surface area (Å²) in [7, 11) is 0. The smallest absolute Gasteiger partial charge is 0.252 e. The second kappa shape index (κ2) is 27.1. The lowest BCUT2D eigenvalue weighted by atomic mass is 9.33. The summed E-state index contributed by atoms with van der Waals surface area (Å²) in [5.74, 6) is 0. The second-order valence-electron chi connectivity index (χ2n) is 33.7. The lowest BCUT2D eigenvalue weighted by molar-refractivity contribution is 0.590. The molecule has 4 aromatic heterocycles. The molecule has 121 heavy (non-hydrogen) atoms. The van der Waals surface area contributed by atoms with Gasteiger partial charge in [0.2, 0.25) is 0 Å². The predicted octanol–water partition coefficient (Wildman–Crippen LogP) is 28.7. The van der Waals surface area contributed by atoms with Gasteiger partial charge >= 0.3 is 0 Å². The van der Waals surface area contributed by atoms with Crippen molar-refractivity contribution in [2.45, 2.75) is 78.6 Å². The summed E-state index contributed by atoms with van der Waals surface area (Å²) < 4.78 is 358. The van der Waals surface area contributed by atoms with Crippen LogP contribution >= 0.6 is 0 Å². The van der Waals surface area contributed by atoms with Crippen LogP contribution in [0.2, 0.25) is 0 Å². The van der Waals surface area contributed by atoms with E-state index in [0.717, 1.165) is 35.5 Å². The van der Waals surface area contributed by atoms with Gasteiger partial charge in [-0.2, -0.15) is 0 Å². The number of para-hydroxylation sites is 6. The molecule has 0 saturated carbocycles. The molecule has 0 atom stereocenters. The van der Waals surface area contributed by atoms with Crippen LogP contribution < -0.4 is 26.2 Å². The lowest BCUT2D eigenvalue weighted by Gasteiger charge is -2.47. The van der Waals surface area contributed by atoms with Crippen LogP contribution in [0.15, 0.2) is 375 Å². The van der Waals surface area contributed by atoms with E-state index in [1.165, 1.54) is 0 Å². The Hall–Kier alpha value is -14.4. The first kappa shape index (κ1) is 44.4. The Morgan fingerprint density at radius 1 is 0.240 bits per heavy atom. The molecular weight excluding hydrogens is 1460 g/mol. The molecule has 0 amide bonds. The molecule has 7 heteroatoms. The maximum absolute atomic E-state index is 12.2. The number of nitrogens with zero attached hydrogens (tertiary/aromatic N) is 6. The highest BCUT2D eigenvalue weighted by molar-refractivity contribution is 7.00. The number of hydrogen-bond donors (Lipinski definition) is 0. The fraction of sp³-hybridized carbons (Fsp3) is 0.105. The average Bonchev–Trinajstić information content (AvgIpc) is 0.694. The van der Waals surface area contributed by atoms with E-state index in [1.54, 1.807) is 9.80 Å². The molecule has 0 aliphatic carbocycles. The third-order valence-electron chi connectivity index (χ3n) is 23.5. The zero-order valence-corrected chi connectivity index (χ0v) is 66.8. The second-order valence-corrected chi connectivity index (χ2v) is 33.7. The molecule has 17 aromatic carbocycles. The van der Waals surface area contributed by atoms with Crippen molar-refractivity contribution in [1.29, 1.82) is 0 Å². The van der Waals surface area contributed by atoms with E-state index >= 15 is 0 Å². The van der Waals surface area contributed by atoms with E-state index in [0.29, 0.717) is 50.1 Å². The molecule has 21 aromatic rings. The summed E-state index contributed by atoms with van der Waals surface area (Å²) in [4.78, 5) is 3.58. The van der Waals surface area contributed by atoms with Gasteiger partial charge < -0.3 is 28.1 Å². The van der Waals surface area contributed by atoms with E-state index in [-0.39, 0.29) is 61.3 Å². The molecule has 0 bridgehead atoms. The van der Waals surface area contributed by atoms with Crippen molar-refractivity contribution in [2.75, 3.05) is 9.80 Å².